The molecule has 2 heterocycles. The number of benzene rings is 8. The SMILES string of the molecule is Clc1cc(N(c2ccccc2)c2ccc3c(c2)sc2cc(N(c4ccccc4)c4ccccc4)ccc23)cc2sc3c4ccccc4ccc3c12. The summed E-state index contributed by atoms with van der Waals surface area (Å²) in [7, 11) is 0. The Morgan fingerprint density at radius 1 is 0.353 bits per heavy atom. The van der Waals surface area contributed by atoms with Crippen molar-refractivity contribution in [1.29, 1.82) is 0 Å². The van der Waals surface area contributed by atoms with E-state index < -0.39 is 0 Å². The molecule has 51 heavy (non-hydrogen) atoms. The van der Waals surface area contributed by atoms with E-state index in [4.69, 9.17) is 11.6 Å². The van der Waals surface area contributed by atoms with Crippen LogP contribution in [-0.4, -0.2) is 0 Å². The highest BCUT2D eigenvalue weighted by atomic mass is 35.5. The molecule has 0 spiro atoms. The molecule has 2 aromatic heterocycles. The van der Waals surface area contributed by atoms with Gasteiger partial charge in [-0.15, -0.1) is 22.7 Å². The molecule has 0 bridgehead atoms. The van der Waals surface area contributed by atoms with Crippen LogP contribution in [0.25, 0.3) is 51.1 Å². The molecule has 0 radical (unpaired) electrons. The molecule has 0 fully saturated rings. The van der Waals surface area contributed by atoms with Crippen LogP contribution in [0.15, 0.2) is 176 Å². The van der Waals surface area contributed by atoms with Crippen molar-refractivity contribution in [1.82, 2.24) is 0 Å². The first kappa shape index (κ1) is 30.2. The van der Waals surface area contributed by atoms with Gasteiger partial charge in [0.05, 0.1) is 5.02 Å². The number of halogens is 1. The van der Waals surface area contributed by atoms with Gasteiger partial charge in [0.1, 0.15) is 0 Å². The standard InChI is InChI=1S/C46H29ClN2S2/c47-41-26-36(29-44-45(41)40-23-20-30-12-10-11-19-37(30)46(40)51-44)49(33-17-8-3-9-18-33)35-22-25-39-38-24-21-34(27-42(38)50-43(39)28-35)48(31-13-4-1-5-14-31)32-15-6-2-7-16-32/h1-29H. The summed E-state index contributed by atoms with van der Waals surface area (Å²) < 4.78 is 4.95. The Bertz CT molecular complexity index is 2840. The minimum Gasteiger partial charge on any atom is -0.310 e. The Morgan fingerprint density at radius 2 is 0.843 bits per heavy atom. The predicted molar refractivity (Wildman–Crippen MR) is 224 cm³/mol. The molecule has 10 aromatic rings. The first-order chi connectivity index (χ1) is 25.2. The van der Waals surface area contributed by atoms with Crippen LogP contribution in [0.1, 0.15) is 0 Å². The van der Waals surface area contributed by atoms with Crippen LogP contribution in [0.2, 0.25) is 5.02 Å². The maximum absolute atomic E-state index is 7.21. The summed E-state index contributed by atoms with van der Waals surface area (Å²) in [6, 6.07) is 62.9. The van der Waals surface area contributed by atoms with Gasteiger partial charge in [0.25, 0.3) is 0 Å². The molecule has 0 amide bonds. The fourth-order valence-corrected chi connectivity index (χ4v) is 10.2. The molecule has 0 saturated carbocycles. The smallest absolute Gasteiger partial charge is 0.0519 e. The average Bonchev–Trinajstić information content (AvgIpc) is 3.75. The molecule has 0 aliphatic rings. The first-order valence-electron chi connectivity index (χ1n) is 16.9. The average molecular weight is 709 g/mol. The maximum Gasteiger partial charge on any atom is 0.0519 e. The molecule has 0 saturated heterocycles. The lowest BCUT2D eigenvalue weighted by atomic mass is 10.1. The molecule has 8 aromatic carbocycles. The zero-order valence-corrected chi connectivity index (χ0v) is 29.7. The molecule has 0 aliphatic heterocycles. The lowest BCUT2D eigenvalue weighted by Crippen LogP contribution is -2.09. The van der Waals surface area contributed by atoms with Gasteiger partial charge in [-0.1, -0.05) is 115 Å². The maximum atomic E-state index is 7.21. The highest BCUT2D eigenvalue weighted by molar-refractivity contribution is 7.27. The van der Waals surface area contributed by atoms with Crippen molar-refractivity contribution in [3.05, 3.63) is 181 Å². The van der Waals surface area contributed by atoms with Crippen LogP contribution in [0.5, 0.6) is 0 Å². The van der Waals surface area contributed by atoms with Crippen molar-refractivity contribution >= 4 is 120 Å². The van der Waals surface area contributed by atoms with Crippen molar-refractivity contribution in [3.63, 3.8) is 0 Å². The molecule has 0 unspecified atom stereocenters. The summed E-state index contributed by atoms with van der Waals surface area (Å²) in [5.74, 6) is 0. The van der Waals surface area contributed by atoms with Crippen LogP contribution in [0.3, 0.4) is 0 Å². The zero-order chi connectivity index (χ0) is 33.9. The number of nitrogens with zero attached hydrogens (tertiary/aromatic N) is 2. The van der Waals surface area contributed by atoms with Gasteiger partial charge in [0.2, 0.25) is 0 Å². The van der Waals surface area contributed by atoms with E-state index in [0.717, 1.165) is 44.5 Å². The Kier molecular flexibility index (Phi) is 7.28. The molecule has 0 atom stereocenters. The van der Waals surface area contributed by atoms with Crippen LogP contribution < -0.4 is 9.80 Å². The lowest BCUT2D eigenvalue weighted by Gasteiger charge is -2.26. The summed E-state index contributed by atoms with van der Waals surface area (Å²) >= 11 is 10.9. The quantitative estimate of drug-likeness (QED) is 0.170. The van der Waals surface area contributed by atoms with Crippen molar-refractivity contribution in [2.75, 3.05) is 9.80 Å². The number of anilines is 6. The minimum atomic E-state index is 0.766. The van der Waals surface area contributed by atoms with E-state index in [1.807, 2.05) is 22.7 Å². The van der Waals surface area contributed by atoms with E-state index in [1.54, 1.807) is 0 Å². The normalized spacial score (nSPS) is 11.6. The zero-order valence-electron chi connectivity index (χ0n) is 27.3. The minimum absolute atomic E-state index is 0.766. The Balaban J connectivity index is 1.11. The summed E-state index contributed by atoms with van der Waals surface area (Å²) in [6.45, 7) is 0. The van der Waals surface area contributed by atoms with Gasteiger partial charge >= 0.3 is 0 Å². The Morgan fingerprint density at radius 3 is 1.43 bits per heavy atom. The third-order valence-corrected chi connectivity index (χ3v) is 12.3. The Labute approximate surface area is 308 Å². The van der Waals surface area contributed by atoms with Crippen LogP contribution in [-0.2, 0) is 0 Å². The number of hydrogen-bond donors (Lipinski definition) is 0. The van der Waals surface area contributed by atoms with Gasteiger partial charge in [-0.05, 0) is 83.6 Å². The van der Waals surface area contributed by atoms with Crippen molar-refractivity contribution < 1.29 is 0 Å². The molecule has 10 rings (SSSR count). The second-order valence-electron chi connectivity index (χ2n) is 12.7. The predicted octanol–water partition coefficient (Wildman–Crippen LogP) is 15.2. The fraction of sp³-hybridized carbons (Fsp3) is 0. The lowest BCUT2D eigenvalue weighted by molar-refractivity contribution is 1.29. The molecular formula is C46H29ClN2S2. The van der Waals surface area contributed by atoms with Crippen molar-refractivity contribution in [2.45, 2.75) is 0 Å². The van der Waals surface area contributed by atoms with E-state index >= 15 is 0 Å². The Hall–Kier alpha value is -5.65. The number of hydrogen-bond acceptors (Lipinski definition) is 4. The van der Waals surface area contributed by atoms with Gasteiger partial charge in [-0.2, -0.15) is 0 Å². The second-order valence-corrected chi connectivity index (χ2v) is 15.2. The molecule has 2 nitrogen and oxygen atoms in total. The molecule has 0 aliphatic carbocycles. The van der Waals surface area contributed by atoms with E-state index in [0.29, 0.717) is 0 Å². The molecule has 0 N–H and O–H groups in total. The van der Waals surface area contributed by atoms with Gasteiger partial charge in [0, 0.05) is 74.5 Å². The van der Waals surface area contributed by atoms with E-state index in [2.05, 4.69) is 186 Å². The van der Waals surface area contributed by atoms with E-state index in [1.165, 1.54) is 45.7 Å². The molecule has 5 heteroatoms. The number of fused-ring (bicyclic) bond motifs is 8. The van der Waals surface area contributed by atoms with E-state index in [9.17, 15) is 0 Å². The fourth-order valence-electron chi connectivity index (χ4n) is 7.36. The highest BCUT2D eigenvalue weighted by Crippen LogP contribution is 2.47. The highest BCUT2D eigenvalue weighted by Gasteiger charge is 2.20. The summed E-state index contributed by atoms with van der Waals surface area (Å²) in [4.78, 5) is 4.65. The van der Waals surface area contributed by atoms with Gasteiger partial charge in [0.15, 0.2) is 0 Å². The first-order valence-corrected chi connectivity index (χ1v) is 19.0. The summed E-state index contributed by atoms with van der Waals surface area (Å²) in [6.07, 6.45) is 0. The van der Waals surface area contributed by atoms with Crippen molar-refractivity contribution in [3.8, 4) is 0 Å². The van der Waals surface area contributed by atoms with Crippen LogP contribution in [0, 0.1) is 0 Å². The van der Waals surface area contributed by atoms with Crippen molar-refractivity contribution in [2.24, 2.45) is 0 Å². The van der Waals surface area contributed by atoms with Gasteiger partial charge < -0.3 is 9.80 Å². The van der Waals surface area contributed by atoms with E-state index in [-0.39, 0.29) is 0 Å². The topological polar surface area (TPSA) is 6.48 Å². The second kappa shape index (κ2) is 12.3. The van der Waals surface area contributed by atoms with Crippen LogP contribution >= 0.6 is 34.3 Å². The van der Waals surface area contributed by atoms with Gasteiger partial charge in [-0.3, -0.25) is 0 Å². The van der Waals surface area contributed by atoms with Crippen LogP contribution in [0.4, 0.5) is 34.1 Å². The monoisotopic (exact) mass is 708 g/mol. The summed E-state index contributed by atoms with van der Waals surface area (Å²) in [5, 5.41) is 8.13. The number of para-hydroxylation sites is 3. The number of thiophene rings is 2. The number of rotatable bonds is 6. The van der Waals surface area contributed by atoms with Gasteiger partial charge in [-0.25, -0.2) is 0 Å². The molecule has 242 valence electrons. The third-order valence-electron chi connectivity index (χ3n) is 9.66. The third kappa shape index (κ3) is 5.14. The molecular weight excluding hydrogens is 680 g/mol. The summed E-state index contributed by atoms with van der Waals surface area (Å²) in [5.41, 5.74) is 6.62. The largest absolute Gasteiger partial charge is 0.310 e.